The Morgan fingerprint density at radius 2 is 1.96 bits per heavy atom. The van der Waals surface area contributed by atoms with Gasteiger partial charge in [-0.25, -0.2) is 4.79 Å². The van der Waals surface area contributed by atoms with E-state index in [2.05, 4.69) is 21.2 Å². The van der Waals surface area contributed by atoms with Crippen molar-refractivity contribution in [1.29, 1.82) is 0 Å². The van der Waals surface area contributed by atoms with Gasteiger partial charge in [0, 0.05) is 16.6 Å². The predicted molar refractivity (Wildman–Crippen MR) is 108 cm³/mol. The summed E-state index contributed by atoms with van der Waals surface area (Å²) in [4.78, 5) is 38.4. The average Bonchev–Trinajstić information content (AvgIpc) is 3.13. The van der Waals surface area contributed by atoms with E-state index in [0.29, 0.717) is 12.1 Å². The van der Waals surface area contributed by atoms with E-state index >= 15 is 0 Å². The second-order valence-corrected chi connectivity index (χ2v) is 10.1. The van der Waals surface area contributed by atoms with Crippen molar-refractivity contribution in [3.8, 4) is 0 Å². The molecule has 0 radical (unpaired) electrons. The fourth-order valence-corrected chi connectivity index (χ4v) is 4.90. The highest BCUT2D eigenvalue weighted by Crippen LogP contribution is 2.61. The first-order valence-electron chi connectivity index (χ1n) is 8.87. The molecule has 1 spiro atoms. The Labute approximate surface area is 171 Å². The molecule has 0 saturated carbocycles. The Morgan fingerprint density at radius 1 is 1.30 bits per heavy atom. The third-order valence-electron chi connectivity index (χ3n) is 4.49. The van der Waals surface area contributed by atoms with Crippen LogP contribution in [0.1, 0.15) is 44.0 Å². The number of hydrogen-bond acceptors (Lipinski definition) is 5. The minimum absolute atomic E-state index is 0.0555. The van der Waals surface area contributed by atoms with E-state index < -0.39 is 10.5 Å². The third kappa shape index (κ3) is 4.48. The molecule has 2 atom stereocenters. The lowest BCUT2D eigenvalue weighted by Gasteiger charge is -2.28. The number of hydrogen-bond donors (Lipinski definition) is 1. The molecule has 1 aromatic carbocycles. The second-order valence-electron chi connectivity index (χ2n) is 7.73. The molecule has 2 amide bonds. The molecule has 0 unspecified atom stereocenters. The van der Waals surface area contributed by atoms with Crippen LogP contribution < -0.4 is 5.32 Å². The summed E-state index contributed by atoms with van der Waals surface area (Å²) in [6.07, 6.45) is 1.22. The van der Waals surface area contributed by atoms with Crippen molar-refractivity contribution >= 4 is 45.5 Å². The van der Waals surface area contributed by atoms with Crippen LogP contribution in [0.2, 0.25) is 0 Å². The Kier molecular flexibility index (Phi) is 5.59. The summed E-state index contributed by atoms with van der Waals surface area (Å²) in [5.74, 6) is -0.355. The van der Waals surface area contributed by atoms with Crippen LogP contribution in [0.4, 0.5) is 4.79 Å². The highest BCUT2D eigenvalue weighted by Gasteiger charge is 2.67. The van der Waals surface area contributed by atoms with Gasteiger partial charge in [-0.2, -0.15) is 0 Å². The van der Waals surface area contributed by atoms with Crippen LogP contribution in [0.3, 0.4) is 0 Å². The maximum Gasteiger partial charge on any atom is 0.411 e. The predicted octanol–water partition coefficient (Wildman–Crippen LogP) is 3.59. The van der Waals surface area contributed by atoms with Crippen LogP contribution in [0.15, 0.2) is 28.7 Å². The molecule has 2 aliphatic rings. The van der Waals surface area contributed by atoms with Gasteiger partial charge in [0.15, 0.2) is 5.78 Å². The number of ketones is 1. The van der Waals surface area contributed by atoms with E-state index in [0.717, 1.165) is 17.3 Å². The zero-order valence-electron chi connectivity index (χ0n) is 15.6. The molecule has 2 saturated heterocycles. The van der Waals surface area contributed by atoms with E-state index in [1.165, 1.54) is 11.8 Å². The van der Waals surface area contributed by atoms with Crippen LogP contribution in [-0.2, 0) is 9.53 Å². The highest BCUT2D eigenvalue weighted by atomic mass is 79.9. The first kappa shape index (κ1) is 20.2. The van der Waals surface area contributed by atoms with Crippen molar-refractivity contribution in [2.24, 2.45) is 0 Å². The molecule has 0 aromatic heterocycles. The van der Waals surface area contributed by atoms with Gasteiger partial charge in [0.05, 0.1) is 6.54 Å². The fourth-order valence-electron chi connectivity index (χ4n) is 3.20. The molecule has 2 aliphatic heterocycles. The van der Waals surface area contributed by atoms with Crippen molar-refractivity contribution < 1.29 is 19.1 Å². The van der Waals surface area contributed by atoms with E-state index in [1.54, 1.807) is 29.2 Å². The zero-order valence-corrected chi connectivity index (χ0v) is 18.0. The Balaban J connectivity index is 1.56. The summed E-state index contributed by atoms with van der Waals surface area (Å²) in [5, 5.41) is 2.36. The lowest BCUT2D eigenvalue weighted by Crippen LogP contribution is -2.45. The Bertz CT molecular complexity index is 762. The molecule has 6 nitrogen and oxygen atoms in total. The molecule has 2 heterocycles. The Hall–Kier alpha value is -1.54. The normalized spacial score (nSPS) is 24.0. The molecular weight excluding hydrogens is 432 g/mol. The first-order valence-corrected chi connectivity index (χ1v) is 10.5. The van der Waals surface area contributed by atoms with Crippen LogP contribution in [-0.4, -0.2) is 51.5 Å². The Morgan fingerprint density at radius 3 is 2.59 bits per heavy atom. The van der Waals surface area contributed by atoms with E-state index in [1.807, 2.05) is 20.8 Å². The number of carbonyl (C=O) groups is 3. The number of likely N-dealkylation sites (tertiary alicyclic amines) is 1. The molecule has 146 valence electrons. The first-order chi connectivity index (χ1) is 12.6. The molecule has 0 aliphatic carbocycles. The number of Topliss-reactive ketones (excluding diaryl/α,β-unsaturated/α-hetero) is 1. The number of ether oxygens (including phenoxy) is 1. The second kappa shape index (κ2) is 7.47. The standard InChI is InChI=1S/C19H23BrN2O4S/c1-18(2,3)26-17(25)22-10-4-9-19(22)15(27-19)16(24)21-11-14(23)12-5-7-13(20)8-6-12/h5-8,15H,4,9-11H2,1-3H3,(H,21,24)/t15-,19-/m1/s1. The summed E-state index contributed by atoms with van der Waals surface area (Å²) < 4.78 is 6.37. The minimum atomic E-state index is -0.574. The molecule has 1 N–H and O–H groups in total. The molecule has 8 heteroatoms. The largest absolute Gasteiger partial charge is 0.444 e. The molecule has 27 heavy (non-hydrogen) atoms. The van der Waals surface area contributed by atoms with Crippen molar-refractivity contribution in [2.75, 3.05) is 13.1 Å². The number of nitrogens with zero attached hydrogens (tertiary/aromatic N) is 1. The zero-order chi connectivity index (χ0) is 19.8. The number of nitrogens with one attached hydrogen (secondary N) is 1. The van der Waals surface area contributed by atoms with Gasteiger partial charge in [0.2, 0.25) is 5.91 Å². The van der Waals surface area contributed by atoms with Gasteiger partial charge in [0.1, 0.15) is 15.7 Å². The van der Waals surface area contributed by atoms with Gasteiger partial charge < -0.3 is 10.1 Å². The topological polar surface area (TPSA) is 75.7 Å². The number of carbonyl (C=O) groups excluding carboxylic acids is 3. The summed E-state index contributed by atoms with van der Waals surface area (Å²) in [5.41, 5.74) is -0.0251. The van der Waals surface area contributed by atoms with Gasteiger partial charge in [-0.15, -0.1) is 11.8 Å². The van der Waals surface area contributed by atoms with Gasteiger partial charge in [-0.1, -0.05) is 28.1 Å². The summed E-state index contributed by atoms with van der Waals surface area (Å²) in [6, 6.07) is 7.01. The number of benzene rings is 1. The average molecular weight is 455 g/mol. The highest BCUT2D eigenvalue weighted by molar-refractivity contribution is 9.10. The molecule has 0 bridgehead atoms. The molecule has 1 aromatic rings. The van der Waals surface area contributed by atoms with Crippen LogP contribution in [0, 0.1) is 0 Å². The minimum Gasteiger partial charge on any atom is -0.444 e. The smallest absolute Gasteiger partial charge is 0.411 e. The maximum absolute atomic E-state index is 12.5. The van der Waals surface area contributed by atoms with Crippen LogP contribution >= 0.6 is 27.7 Å². The van der Waals surface area contributed by atoms with E-state index in [4.69, 9.17) is 4.74 Å². The van der Waals surface area contributed by atoms with Gasteiger partial charge >= 0.3 is 6.09 Å². The van der Waals surface area contributed by atoms with Gasteiger partial charge in [-0.3, -0.25) is 14.5 Å². The molecule has 2 fully saturated rings. The fraction of sp³-hybridized carbons (Fsp3) is 0.526. The van der Waals surface area contributed by atoms with Crippen molar-refractivity contribution in [3.05, 3.63) is 34.3 Å². The van der Waals surface area contributed by atoms with Crippen LogP contribution in [0.5, 0.6) is 0 Å². The van der Waals surface area contributed by atoms with E-state index in [9.17, 15) is 14.4 Å². The summed E-state index contributed by atoms with van der Waals surface area (Å²) in [7, 11) is 0. The van der Waals surface area contributed by atoms with Gasteiger partial charge in [0.25, 0.3) is 0 Å². The van der Waals surface area contributed by atoms with Crippen molar-refractivity contribution in [3.63, 3.8) is 0 Å². The maximum atomic E-state index is 12.5. The number of rotatable bonds is 4. The van der Waals surface area contributed by atoms with Gasteiger partial charge in [-0.05, 0) is 45.7 Å². The van der Waals surface area contributed by atoms with Crippen molar-refractivity contribution in [1.82, 2.24) is 10.2 Å². The SMILES string of the molecule is CC(C)(C)OC(=O)N1CCC[C@]12S[C@@H]2C(=O)NCC(=O)c1ccc(Br)cc1. The lowest BCUT2D eigenvalue weighted by molar-refractivity contribution is -0.120. The summed E-state index contributed by atoms with van der Waals surface area (Å²) >= 11 is 4.79. The lowest BCUT2D eigenvalue weighted by atomic mass is 10.1. The number of halogens is 1. The van der Waals surface area contributed by atoms with Crippen molar-refractivity contribution in [2.45, 2.75) is 49.3 Å². The molecular formula is C19H23BrN2O4S. The monoisotopic (exact) mass is 454 g/mol. The summed E-state index contributed by atoms with van der Waals surface area (Å²) in [6.45, 7) is 6.01. The third-order valence-corrected chi connectivity index (χ3v) is 6.67. The molecule has 3 rings (SSSR count). The quantitative estimate of drug-likeness (QED) is 0.555. The number of thioether (sulfide) groups is 1. The van der Waals surface area contributed by atoms with E-state index in [-0.39, 0.29) is 29.6 Å². The van der Waals surface area contributed by atoms with Crippen LogP contribution in [0.25, 0.3) is 0 Å². The number of amides is 2.